The van der Waals surface area contributed by atoms with Crippen molar-refractivity contribution in [2.45, 2.75) is 38.0 Å². The number of hydrogen-bond acceptors (Lipinski definition) is 5. The highest BCUT2D eigenvalue weighted by atomic mass is 16.5. The van der Waals surface area contributed by atoms with Crippen LogP contribution in [0.15, 0.2) is 60.7 Å². The number of fused-ring (bicyclic) bond motifs is 1. The summed E-state index contributed by atoms with van der Waals surface area (Å²) >= 11 is 0. The lowest BCUT2D eigenvalue weighted by Gasteiger charge is -2.31. The van der Waals surface area contributed by atoms with Crippen molar-refractivity contribution >= 4 is 16.7 Å². The van der Waals surface area contributed by atoms with E-state index in [1.54, 1.807) is 7.11 Å². The first kappa shape index (κ1) is 23.8. The Labute approximate surface area is 207 Å². The second kappa shape index (κ2) is 11.2. The summed E-state index contributed by atoms with van der Waals surface area (Å²) in [6.07, 6.45) is 2.48. The molecule has 3 aromatic rings. The van der Waals surface area contributed by atoms with Gasteiger partial charge in [0.05, 0.1) is 13.2 Å². The molecule has 5 rings (SSSR count). The third kappa shape index (κ3) is 5.50. The van der Waals surface area contributed by atoms with Gasteiger partial charge in [0.1, 0.15) is 11.9 Å². The molecule has 1 aliphatic heterocycles. The molecule has 6 heteroatoms. The first-order chi connectivity index (χ1) is 17.3. The Morgan fingerprint density at radius 2 is 1.83 bits per heavy atom. The summed E-state index contributed by atoms with van der Waals surface area (Å²) < 4.78 is 17.3. The molecule has 1 heterocycles. The van der Waals surface area contributed by atoms with E-state index in [2.05, 4.69) is 53.8 Å². The Balaban J connectivity index is 1.56. The summed E-state index contributed by atoms with van der Waals surface area (Å²) in [4.78, 5) is 15.6. The molecule has 35 heavy (non-hydrogen) atoms. The average molecular weight is 475 g/mol. The Hall–Kier alpha value is -2.93. The van der Waals surface area contributed by atoms with Crippen molar-refractivity contribution in [2.75, 3.05) is 40.0 Å². The summed E-state index contributed by atoms with van der Waals surface area (Å²) in [5.74, 6) is 0.930. The van der Waals surface area contributed by atoms with E-state index >= 15 is 0 Å². The molecule has 184 valence electrons. The minimum Gasteiger partial charge on any atom is -0.493 e. The van der Waals surface area contributed by atoms with E-state index in [0.717, 1.165) is 59.0 Å². The van der Waals surface area contributed by atoms with Crippen molar-refractivity contribution in [1.82, 2.24) is 10.2 Å². The fraction of sp³-hybridized carbons (Fsp3) is 0.414. The van der Waals surface area contributed by atoms with Crippen LogP contribution in [0, 0.1) is 0 Å². The molecule has 6 nitrogen and oxygen atoms in total. The number of benzene rings is 3. The minimum atomic E-state index is -0.422. The molecule has 2 aliphatic rings. The van der Waals surface area contributed by atoms with Crippen LogP contribution in [0.3, 0.4) is 0 Å². The van der Waals surface area contributed by atoms with Crippen LogP contribution in [0.5, 0.6) is 5.75 Å². The van der Waals surface area contributed by atoms with Crippen LogP contribution in [0.4, 0.5) is 0 Å². The number of hydrogen-bond donors (Lipinski definition) is 1. The molecule has 2 fully saturated rings. The van der Waals surface area contributed by atoms with Gasteiger partial charge in [0.2, 0.25) is 0 Å². The lowest BCUT2D eigenvalue weighted by Crippen LogP contribution is -2.49. The van der Waals surface area contributed by atoms with Crippen molar-refractivity contribution in [1.29, 1.82) is 0 Å². The largest absolute Gasteiger partial charge is 0.493 e. The zero-order chi connectivity index (χ0) is 24.0. The van der Waals surface area contributed by atoms with Gasteiger partial charge in [-0.25, -0.2) is 0 Å². The van der Waals surface area contributed by atoms with Crippen LogP contribution < -0.4 is 10.1 Å². The fourth-order valence-corrected chi connectivity index (χ4v) is 4.84. The molecule has 0 bridgehead atoms. The quantitative estimate of drug-likeness (QED) is 0.442. The molecular formula is C29H34N2O4. The van der Waals surface area contributed by atoms with Crippen LogP contribution in [-0.4, -0.2) is 63.0 Å². The van der Waals surface area contributed by atoms with Gasteiger partial charge in [-0.3, -0.25) is 4.79 Å². The number of nitrogens with zero attached hydrogens (tertiary/aromatic N) is 1. The molecule has 1 amide bonds. The van der Waals surface area contributed by atoms with Gasteiger partial charge in [0, 0.05) is 51.2 Å². The molecule has 0 spiro atoms. The Morgan fingerprint density at radius 1 is 1.06 bits per heavy atom. The van der Waals surface area contributed by atoms with E-state index in [1.165, 1.54) is 0 Å². The van der Waals surface area contributed by atoms with Gasteiger partial charge >= 0.3 is 0 Å². The minimum absolute atomic E-state index is 0.0782. The smallest absolute Gasteiger partial charge is 0.253 e. The highest BCUT2D eigenvalue weighted by Crippen LogP contribution is 2.40. The van der Waals surface area contributed by atoms with Gasteiger partial charge in [0.15, 0.2) is 0 Å². The lowest BCUT2D eigenvalue weighted by molar-refractivity contribution is -0.146. The molecule has 3 aromatic carbocycles. The van der Waals surface area contributed by atoms with Gasteiger partial charge in [0.25, 0.3) is 5.91 Å². The van der Waals surface area contributed by atoms with Crippen LogP contribution in [0.2, 0.25) is 0 Å². The Kier molecular flexibility index (Phi) is 7.62. The molecule has 1 aliphatic carbocycles. The maximum atomic E-state index is 13.5. The first-order valence-corrected chi connectivity index (χ1v) is 12.6. The lowest BCUT2D eigenvalue weighted by atomic mass is 9.92. The van der Waals surface area contributed by atoms with Gasteiger partial charge in [-0.05, 0) is 41.0 Å². The zero-order valence-electron chi connectivity index (χ0n) is 20.4. The SMILES string of the molecule is COCCCOc1cc(CN(C(=O)[C@H]2CNCCO2)C2CC2)c(-c2ccccc2)c2ccccc12. The third-order valence-corrected chi connectivity index (χ3v) is 6.72. The van der Waals surface area contributed by atoms with Crippen molar-refractivity contribution in [2.24, 2.45) is 0 Å². The van der Waals surface area contributed by atoms with Crippen molar-refractivity contribution in [3.63, 3.8) is 0 Å². The molecular weight excluding hydrogens is 440 g/mol. The van der Waals surface area contributed by atoms with Crippen molar-refractivity contribution < 1.29 is 19.0 Å². The van der Waals surface area contributed by atoms with Crippen LogP contribution in [0.25, 0.3) is 21.9 Å². The van der Waals surface area contributed by atoms with Crippen LogP contribution in [-0.2, 0) is 20.8 Å². The monoisotopic (exact) mass is 474 g/mol. The highest BCUT2D eigenvalue weighted by molar-refractivity contribution is 6.02. The van der Waals surface area contributed by atoms with Gasteiger partial charge in [-0.1, -0.05) is 54.6 Å². The average Bonchev–Trinajstić information content (AvgIpc) is 3.76. The number of carbonyl (C=O) groups excluding carboxylic acids is 1. The predicted octanol–water partition coefficient (Wildman–Crippen LogP) is 4.40. The second-order valence-corrected chi connectivity index (χ2v) is 9.28. The number of carbonyl (C=O) groups is 1. The number of ether oxygens (including phenoxy) is 3. The summed E-state index contributed by atoms with van der Waals surface area (Å²) in [7, 11) is 1.71. The molecule has 1 atom stereocenters. The summed E-state index contributed by atoms with van der Waals surface area (Å²) in [5.41, 5.74) is 3.40. The maximum Gasteiger partial charge on any atom is 0.253 e. The zero-order valence-corrected chi connectivity index (χ0v) is 20.4. The molecule has 0 aromatic heterocycles. The molecule has 1 N–H and O–H groups in total. The van der Waals surface area contributed by atoms with E-state index in [0.29, 0.717) is 32.9 Å². The van der Waals surface area contributed by atoms with Gasteiger partial charge < -0.3 is 24.4 Å². The highest BCUT2D eigenvalue weighted by Gasteiger charge is 2.37. The van der Waals surface area contributed by atoms with Crippen molar-refractivity contribution in [3.8, 4) is 16.9 Å². The maximum absolute atomic E-state index is 13.5. The van der Waals surface area contributed by atoms with Crippen LogP contribution >= 0.6 is 0 Å². The standard InChI is InChI=1S/C29H34N2O4/c1-33-15-7-16-34-26-18-22(20-31(23-12-13-23)29(32)27-19-30-14-17-35-27)28(21-8-3-2-4-9-21)25-11-6-5-10-24(25)26/h2-6,8-11,18,23,27,30H,7,12-17,19-20H2,1H3/t27-/m1/s1. The molecule has 0 radical (unpaired) electrons. The number of morpholine rings is 1. The van der Waals surface area contributed by atoms with E-state index in [4.69, 9.17) is 14.2 Å². The Bertz CT molecular complexity index is 1140. The normalized spacial score (nSPS) is 17.9. The molecule has 1 saturated carbocycles. The molecule has 0 unspecified atom stereocenters. The number of methoxy groups -OCH3 is 1. The van der Waals surface area contributed by atoms with E-state index < -0.39 is 6.10 Å². The first-order valence-electron chi connectivity index (χ1n) is 12.6. The van der Waals surface area contributed by atoms with E-state index in [9.17, 15) is 4.79 Å². The number of rotatable bonds is 10. The Morgan fingerprint density at radius 3 is 2.54 bits per heavy atom. The number of nitrogens with one attached hydrogen (secondary N) is 1. The third-order valence-electron chi connectivity index (χ3n) is 6.72. The van der Waals surface area contributed by atoms with Gasteiger partial charge in [-0.15, -0.1) is 0 Å². The van der Waals surface area contributed by atoms with E-state index in [-0.39, 0.29) is 11.9 Å². The summed E-state index contributed by atoms with van der Waals surface area (Å²) in [6, 6.07) is 21.2. The van der Waals surface area contributed by atoms with E-state index in [1.807, 2.05) is 17.0 Å². The van der Waals surface area contributed by atoms with Crippen molar-refractivity contribution in [3.05, 3.63) is 66.2 Å². The second-order valence-electron chi connectivity index (χ2n) is 9.28. The summed E-state index contributed by atoms with van der Waals surface area (Å²) in [5, 5.41) is 5.51. The predicted molar refractivity (Wildman–Crippen MR) is 138 cm³/mol. The fourth-order valence-electron chi connectivity index (χ4n) is 4.84. The topological polar surface area (TPSA) is 60.0 Å². The van der Waals surface area contributed by atoms with Gasteiger partial charge in [-0.2, -0.15) is 0 Å². The molecule has 1 saturated heterocycles. The summed E-state index contributed by atoms with van der Waals surface area (Å²) in [6.45, 7) is 3.70. The number of amides is 1. The van der Waals surface area contributed by atoms with Crippen LogP contribution in [0.1, 0.15) is 24.8 Å².